The number of nitrogens with zero attached hydrogens (tertiary/aromatic N) is 4. The van der Waals surface area contributed by atoms with Crippen LogP contribution < -0.4 is 5.73 Å². The number of halogens is 1. The highest BCUT2D eigenvalue weighted by Crippen LogP contribution is 2.18. The molecule has 1 amide bonds. The summed E-state index contributed by atoms with van der Waals surface area (Å²) in [5.41, 5.74) is 6.13. The van der Waals surface area contributed by atoms with Gasteiger partial charge < -0.3 is 15.2 Å². The van der Waals surface area contributed by atoms with Gasteiger partial charge >= 0.3 is 0 Å². The summed E-state index contributed by atoms with van der Waals surface area (Å²) in [6.45, 7) is 1.24. The molecule has 0 saturated heterocycles. The summed E-state index contributed by atoms with van der Waals surface area (Å²) in [6, 6.07) is 3.78. The van der Waals surface area contributed by atoms with Crippen molar-refractivity contribution >= 4 is 11.6 Å². The van der Waals surface area contributed by atoms with Crippen molar-refractivity contribution in [3.05, 3.63) is 41.2 Å². The molecule has 0 bridgehead atoms. The van der Waals surface area contributed by atoms with Crippen LogP contribution in [0.15, 0.2) is 18.2 Å². The van der Waals surface area contributed by atoms with Gasteiger partial charge in [0.1, 0.15) is 11.6 Å². The molecule has 0 spiro atoms. The number of carbonyl (C=O) groups excluding carboxylic acids is 1. The number of anilines is 1. The molecule has 2 N–H and O–H groups in total. The molecule has 0 aliphatic carbocycles. The molecule has 110 valence electrons. The minimum absolute atomic E-state index is 0.137. The molecule has 0 atom stereocenters. The number of benzene rings is 1. The molecular formula is C14H16FN5O. The van der Waals surface area contributed by atoms with Crippen molar-refractivity contribution < 1.29 is 9.18 Å². The molecule has 2 heterocycles. The summed E-state index contributed by atoms with van der Waals surface area (Å²) in [6.07, 6.45) is 1.98. The van der Waals surface area contributed by atoms with Crippen LogP contribution in [0.3, 0.4) is 0 Å². The first-order valence-corrected chi connectivity index (χ1v) is 6.77. The van der Waals surface area contributed by atoms with Crippen LogP contribution in [0.1, 0.15) is 28.4 Å². The molecule has 1 aromatic carbocycles. The van der Waals surface area contributed by atoms with Gasteiger partial charge in [0.25, 0.3) is 5.91 Å². The Kier molecular flexibility index (Phi) is 3.32. The largest absolute Gasteiger partial charge is 0.398 e. The van der Waals surface area contributed by atoms with E-state index in [1.54, 1.807) is 7.05 Å². The summed E-state index contributed by atoms with van der Waals surface area (Å²) >= 11 is 0. The van der Waals surface area contributed by atoms with Gasteiger partial charge in [-0.2, -0.15) is 0 Å². The van der Waals surface area contributed by atoms with Gasteiger partial charge in [-0.25, -0.2) is 4.39 Å². The topological polar surface area (TPSA) is 77.0 Å². The third-order valence-electron chi connectivity index (χ3n) is 3.66. The maximum absolute atomic E-state index is 13.0. The maximum Gasteiger partial charge on any atom is 0.256 e. The number of fused-ring (bicyclic) bond motifs is 1. The molecule has 2 aromatic rings. The van der Waals surface area contributed by atoms with E-state index in [-0.39, 0.29) is 11.6 Å². The van der Waals surface area contributed by atoms with Crippen LogP contribution in [0, 0.1) is 5.82 Å². The second-order valence-corrected chi connectivity index (χ2v) is 5.18. The molecule has 1 aliphatic heterocycles. The van der Waals surface area contributed by atoms with Crippen LogP contribution in [-0.4, -0.2) is 32.6 Å². The average Bonchev–Trinajstić information content (AvgIpc) is 3.03. The van der Waals surface area contributed by atoms with Gasteiger partial charge in [0.15, 0.2) is 5.82 Å². The number of rotatable bonds is 3. The van der Waals surface area contributed by atoms with E-state index >= 15 is 0 Å². The van der Waals surface area contributed by atoms with Gasteiger partial charge in [0, 0.05) is 25.7 Å². The molecule has 6 nitrogen and oxygen atoms in total. The lowest BCUT2D eigenvalue weighted by Gasteiger charge is -2.18. The average molecular weight is 289 g/mol. The minimum atomic E-state index is -0.457. The fourth-order valence-electron chi connectivity index (χ4n) is 2.55. The van der Waals surface area contributed by atoms with E-state index in [9.17, 15) is 9.18 Å². The van der Waals surface area contributed by atoms with E-state index in [1.807, 2.05) is 4.57 Å². The molecule has 1 aliphatic rings. The summed E-state index contributed by atoms with van der Waals surface area (Å²) in [5.74, 6) is 1.01. The molecule has 0 radical (unpaired) electrons. The highest BCUT2D eigenvalue weighted by molar-refractivity contribution is 5.98. The van der Waals surface area contributed by atoms with E-state index in [0.29, 0.717) is 12.1 Å². The van der Waals surface area contributed by atoms with Crippen LogP contribution in [0.2, 0.25) is 0 Å². The van der Waals surface area contributed by atoms with Gasteiger partial charge in [-0.05, 0) is 24.6 Å². The molecule has 0 unspecified atom stereocenters. The Morgan fingerprint density at radius 2 is 2.29 bits per heavy atom. The third kappa shape index (κ3) is 2.46. The lowest BCUT2D eigenvalue weighted by atomic mass is 10.1. The van der Waals surface area contributed by atoms with Crippen molar-refractivity contribution in [1.29, 1.82) is 0 Å². The monoisotopic (exact) mass is 289 g/mol. The molecule has 21 heavy (non-hydrogen) atoms. The zero-order valence-corrected chi connectivity index (χ0v) is 11.7. The molecule has 0 saturated carbocycles. The smallest absolute Gasteiger partial charge is 0.256 e. The molecular weight excluding hydrogens is 273 g/mol. The van der Waals surface area contributed by atoms with Gasteiger partial charge in [-0.15, -0.1) is 10.2 Å². The van der Waals surface area contributed by atoms with Gasteiger partial charge in [-0.1, -0.05) is 0 Å². The predicted molar refractivity (Wildman–Crippen MR) is 75.0 cm³/mol. The number of aryl methyl sites for hydroxylation is 1. The van der Waals surface area contributed by atoms with Crippen LogP contribution in [-0.2, 0) is 19.5 Å². The first-order valence-electron chi connectivity index (χ1n) is 6.77. The van der Waals surface area contributed by atoms with Crippen molar-refractivity contribution in [3.63, 3.8) is 0 Å². The van der Waals surface area contributed by atoms with Crippen LogP contribution in [0.5, 0.6) is 0 Å². The first kappa shape index (κ1) is 13.5. The number of amides is 1. The van der Waals surface area contributed by atoms with Crippen LogP contribution in [0.25, 0.3) is 0 Å². The zero-order chi connectivity index (χ0) is 15.0. The number of nitrogen functional groups attached to an aromatic ring is 1. The summed E-state index contributed by atoms with van der Waals surface area (Å²) < 4.78 is 15.1. The van der Waals surface area contributed by atoms with E-state index in [2.05, 4.69) is 10.2 Å². The fourth-order valence-corrected chi connectivity index (χ4v) is 2.55. The maximum atomic E-state index is 13.0. The number of nitrogens with two attached hydrogens (primary N) is 1. The summed E-state index contributed by atoms with van der Waals surface area (Å²) in [7, 11) is 1.67. The van der Waals surface area contributed by atoms with E-state index in [4.69, 9.17) is 5.73 Å². The highest BCUT2D eigenvalue weighted by atomic mass is 19.1. The lowest BCUT2D eigenvalue weighted by molar-refractivity contribution is 0.0781. The highest BCUT2D eigenvalue weighted by Gasteiger charge is 2.21. The zero-order valence-electron chi connectivity index (χ0n) is 11.7. The Labute approximate surface area is 121 Å². The van der Waals surface area contributed by atoms with E-state index in [1.165, 1.54) is 17.0 Å². The minimum Gasteiger partial charge on any atom is -0.398 e. The SMILES string of the molecule is CN(Cc1nnc2n1CCC2)C(=O)c1ccc(F)cc1N. The standard InChI is InChI=1S/C14H16FN5O/c1-19(8-13-18-17-12-3-2-6-20(12)13)14(21)10-5-4-9(15)7-11(10)16/h4-5,7H,2-3,6,8,16H2,1H3. The number of carbonyl (C=O) groups is 1. The number of aromatic nitrogens is 3. The summed E-state index contributed by atoms with van der Waals surface area (Å²) in [4.78, 5) is 13.9. The van der Waals surface area contributed by atoms with Gasteiger partial charge in [0.05, 0.1) is 12.1 Å². The quantitative estimate of drug-likeness (QED) is 0.862. The molecule has 3 rings (SSSR count). The van der Waals surface area contributed by atoms with Crippen molar-refractivity contribution in [2.24, 2.45) is 0 Å². The number of hydrogen-bond donors (Lipinski definition) is 1. The van der Waals surface area contributed by atoms with Gasteiger partial charge in [-0.3, -0.25) is 4.79 Å². The van der Waals surface area contributed by atoms with Crippen molar-refractivity contribution in [1.82, 2.24) is 19.7 Å². The molecule has 7 heteroatoms. The fraction of sp³-hybridized carbons (Fsp3) is 0.357. The Hall–Kier alpha value is -2.44. The van der Waals surface area contributed by atoms with Crippen molar-refractivity contribution in [2.45, 2.75) is 25.9 Å². The first-order chi connectivity index (χ1) is 10.1. The van der Waals surface area contributed by atoms with E-state index < -0.39 is 5.82 Å². The predicted octanol–water partition coefficient (Wildman–Crippen LogP) is 1.22. The summed E-state index contributed by atoms with van der Waals surface area (Å²) in [5, 5.41) is 8.23. The van der Waals surface area contributed by atoms with E-state index in [0.717, 1.165) is 37.1 Å². The normalized spacial score (nSPS) is 13.2. The van der Waals surface area contributed by atoms with Gasteiger partial charge in [0.2, 0.25) is 0 Å². The lowest BCUT2D eigenvalue weighted by Crippen LogP contribution is -2.28. The molecule has 0 fully saturated rings. The third-order valence-corrected chi connectivity index (χ3v) is 3.66. The van der Waals surface area contributed by atoms with Crippen molar-refractivity contribution in [3.8, 4) is 0 Å². The second kappa shape index (κ2) is 5.16. The Morgan fingerprint density at radius 3 is 3.05 bits per heavy atom. The Bertz CT molecular complexity index is 697. The second-order valence-electron chi connectivity index (χ2n) is 5.18. The Balaban J connectivity index is 1.78. The number of hydrogen-bond acceptors (Lipinski definition) is 4. The Morgan fingerprint density at radius 1 is 1.48 bits per heavy atom. The van der Waals surface area contributed by atoms with Crippen molar-refractivity contribution in [2.75, 3.05) is 12.8 Å². The van der Waals surface area contributed by atoms with Crippen LogP contribution in [0.4, 0.5) is 10.1 Å². The van der Waals surface area contributed by atoms with Crippen LogP contribution >= 0.6 is 0 Å². The molecule has 1 aromatic heterocycles.